The van der Waals surface area contributed by atoms with E-state index in [1.165, 1.54) is 5.56 Å². The molecule has 2 rings (SSSR count). The number of nitrogens with one attached hydrogen (secondary N) is 1. The fraction of sp³-hybridized carbons (Fsp3) is 0.300. The summed E-state index contributed by atoms with van der Waals surface area (Å²) in [5, 5.41) is 3.45. The SMILES string of the molecule is C#CCOc1ccc(CNCCc2ccccc2)cc1OCC. The van der Waals surface area contributed by atoms with Crippen LogP contribution in [0.5, 0.6) is 11.5 Å². The molecule has 1 N–H and O–H groups in total. The normalized spacial score (nSPS) is 10.1. The largest absolute Gasteiger partial charge is 0.490 e. The van der Waals surface area contributed by atoms with Gasteiger partial charge in [0.15, 0.2) is 11.5 Å². The van der Waals surface area contributed by atoms with Gasteiger partial charge in [0.2, 0.25) is 0 Å². The number of ether oxygens (including phenoxy) is 2. The van der Waals surface area contributed by atoms with E-state index in [-0.39, 0.29) is 6.61 Å². The molecule has 3 heteroatoms. The van der Waals surface area contributed by atoms with Gasteiger partial charge < -0.3 is 14.8 Å². The zero-order chi connectivity index (χ0) is 16.3. The van der Waals surface area contributed by atoms with Gasteiger partial charge in [-0.1, -0.05) is 42.3 Å². The number of hydrogen-bond acceptors (Lipinski definition) is 3. The highest BCUT2D eigenvalue weighted by Crippen LogP contribution is 2.28. The van der Waals surface area contributed by atoms with Crippen molar-refractivity contribution in [2.75, 3.05) is 19.8 Å². The first-order valence-corrected chi connectivity index (χ1v) is 7.90. The zero-order valence-corrected chi connectivity index (χ0v) is 13.5. The summed E-state index contributed by atoms with van der Waals surface area (Å²) in [6, 6.07) is 16.4. The van der Waals surface area contributed by atoms with Crippen molar-refractivity contribution in [3.63, 3.8) is 0 Å². The second-order valence-electron chi connectivity index (χ2n) is 5.12. The van der Waals surface area contributed by atoms with Crippen LogP contribution >= 0.6 is 0 Å². The quantitative estimate of drug-likeness (QED) is 0.568. The van der Waals surface area contributed by atoms with E-state index >= 15 is 0 Å². The van der Waals surface area contributed by atoms with Crippen molar-refractivity contribution in [3.05, 3.63) is 59.7 Å². The van der Waals surface area contributed by atoms with Crippen LogP contribution in [-0.4, -0.2) is 19.8 Å². The molecular formula is C20H23NO2. The Bertz CT molecular complexity index is 632. The summed E-state index contributed by atoms with van der Waals surface area (Å²) in [6.07, 6.45) is 6.25. The minimum absolute atomic E-state index is 0.245. The van der Waals surface area contributed by atoms with E-state index in [9.17, 15) is 0 Å². The fourth-order valence-corrected chi connectivity index (χ4v) is 2.28. The Kier molecular flexibility index (Phi) is 7.03. The topological polar surface area (TPSA) is 30.5 Å². The van der Waals surface area contributed by atoms with E-state index in [1.807, 2.05) is 31.2 Å². The van der Waals surface area contributed by atoms with E-state index in [0.717, 1.165) is 30.8 Å². The molecule has 0 aromatic heterocycles. The van der Waals surface area contributed by atoms with Crippen LogP contribution in [0.2, 0.25) is 0 Å². The second kappa shape index (κ2) is 9.55. The number of rotatable bonds is 9. The lowest BCUT2D eigenvalue weighted by molar-refractivity contribution is 0.299. The molecule has 0 aliphatic rings. The Morgan fingerprint density at radius 1 is 1.00 bits per heavy atom. The molecule has 3 nitrogen and oxygen atoms in total. The Hall–Kier alpha value is -2.44. The van der Waals surface area contributed by atoms with Gasteiger partial charge >= 0.3 is 0 Å². The molecule has 2 aromatic carbocycles. The first-order chi connectivity index (χ1) is 11.3. The highest BCUT2D eigenvalue weighted by molar-refractivity contribution is 5.43. The van der Waals surface area contributed by atoms with Crippen molar-refractivity contribution in [3.8, 4) is 23.8 Å². The Morgan fingerprint density at radius 3 is 2.57 bits per heavy atom. The molecule has 0 bridgehead atoms. The van der Waals surface area contributed by atoms with Crippen molar-refractivity contribution >= 4 is 0 Å². The van der Waals surface area contributed by atoms with E-state index in [1.54, 1.807) is 0 Å². The maximum absolute atomic E-state index is 5.63. The van der Waals surface area contributed by atoms with E-state index in [0.29, 0.717) is 12.4 Å². The standard InChI is InChI=1S/C20H23NO2/c1-3-14-23-19-11-10-18(15-20(19)22-4-2)16-21-13-12-17-8-6-5-7-9-17/h1,5-11,15,21H,4,12-14,16H2,2H3. The number of terminal acetylenes is 1. The Balaban J connectivity index is 1.87. The van der Waals surface area contributed by atoms with Crippen molar-refractivity contribution in [1.82, 2.24) is 5.32 Å². The first-order valence-electron chi connectivity index (χ1n) is 7.90. The van der Waals surface area contributed by atoms with Crippen LogP contribution in [0.3, 0.4) is 0 Å². The number of benzene rings is 2. The van der Waals surface area contributed by atoms with Gasteiger partial charge in [-0.15, -0.1) is 6.42 Å². The molecule has 0 saturated heterocycles. The summed E-state index contributed by atoms with van der Waals surface area (Å²) < 4.78 is 11.1. The van der Waals surface area contributed by atoms with Gasteiger partial charge in [0.25, 0.3) is 0 Å². The average molecular weight is 309 g/mol. The highest BCUT2D eigenvalue weighted by Gasteiger charge is 2.06. The summed E-state index contributed by atoms with van der Waals surface area (Å²) in [6.45, 7) is 4.52. The summed E-state index contributed by atoms with van der Waals surface area (Å²) in [5.41, 5.74) is 2.50. The molecule has 0 aliphatic heterocycles. The summed E-state index contributed by atoms with van der Waals surface area (Å²) in [5.74, 6) is 3.90. The fourth-order valence-electron chi connectivity index (χ4n) is 2.28. The lowest BCUT2D eigenvalue weighted by atomic mass is 10.1. The van der Waals surface area contributed by atoms with Gasteiger partial charge in [0, 0.05) is 6.54 Å². The van der Waals surface area contributed by atoms with Gasteiger partial charge in [-0.3, -0.25) is 0 Å². The third-order valence-electron chi connectivity index (χ3n) is 3.38. The van der Waals surface area contributed by atoms with Crippen LogP contribution in [0.15, 0.2) is 48.5 Å². The zero-order valence-electron chi connectivity index (χ0n) is 13.5. The molecule has 0 spiro atoms. The van der Waals surface area contributed by atoms with E-state index < -0.39 is 0 Å². The average Bonchev–Trinajstić information content (AvgIpc) is 2.59. The van der Waals surface area contributed by atoms with Crippen LogP contribution in [0, 0.1) is 12.3 Å². The van der Waals surface area contributed by atoms with Crippen LogP contribution in [0.25, 0.3) is 0 Å². The Morgan fingerprint density at radius 2 is 1.83 bits per heavy atom. The minimum atomic E-state index is 0.245. The summed E-state index contributed by atoms with van der Waals surface area (Å²) >= 11 is 0. The minimum Gasteiger partial charge on any atom is -0.490 e. The monoisotopic (exact) mass is 309 g/mol. The van der Waals surface area contributed by atoms with Crippen molar-refractivity contribution in [2.24, 2.45) is 0 Å². The molecule has 0 saturated carbocycles. The molecule has 2 aromatic rings. The van der Waals surface area contributed by atoms with Crippen LogP contribution in [0.4, 0.5) is 0 Å². The molecule has 0 amide bonds. The molecular weight excluding hydrogens is 286 g/mol. The first kappa shape index (κ1) is 16.9. The molecule has 120 valence electrons. The van der Waals surface area contributed by atoms with Crippen molar-refractivity contribution < 1.29 is 9.47 Å². The van der Waals surface area contributed by atoms with E-state index in [4.69, 9.17) is 15.9 Å². The summed E-state index contributed by atoms with van der Waals surface area (Å²) in [7, 11) is 0. The lowest BCUT2D eigenvalue weighted by Gasteiger charge is -2.12. The predicted molar refractivity (Wildman–Crippen MR) is 93.8 cm³/mol. The smallest absolute Gasteiger partial charge is 0.162 e. The third-order valence-corrected chi connectivity index (χ3v) is 3.38. The third kappa shape index (κ3) is 5.69. The second-order valence-corrected chi connectivity index (χ2v) is 5.12. The van der Waals surface area contributed by atoms with Crippen molar-refractivity contribution in [1.29, 1.82) is 0 Å². The molecule has 0 heterocycles. The molecule has 0 unspecified atom stereocenters. The van der Waals surface area contributed by atoms with Gasteiger partial charge in [-0.25, -0.2) is 0 Å². The molecule has 0 fully saturated rings. The molecule has 0 atom stereocenters. The summed E-state index contributed by atoms with van der Waals surface area (Å²) in [4.78, 5) is 0. The van der Waals surface area contributed by atoms with Crippen LogP contribution < -0.4 is 14.8 Å². The molecule has 0 aliphatic carbocycles. The van der Waals surface area contributed by atoms with Crippen molar-refractivity contribution in [2.45, 2.75) is 19.9 Å². The maximum atomic E-state index is 5.63. The maximum Gasteiger partial charge on any atom is 0.162 e. The van der Waals surface area contributed by atoms with Gasteiger partial charge in [0.05, 0.1) is 6.61 Å². The van der Waals surface area contributed by atoms with Crippen LogP contribution in [-0.2, 0) is 13.0 Å². The lowest BCUT2D eigenvalue weighted by Crippen LogP contribution is -2.16. The molecule has 0 radical (unpaired) electrons. The van der Waals surface area contributed by atoms with Crippen LogP contribution in [0.1, 0.15) is 18.1 Å². The number of hydrogen-bond donors (Lipinski definition) is 1. The molecule has 23 heavy (non-hydrogen) atoms. The van der Waals surface area contributed by atoms with Gasteiger partial charge in [-0.2, -0.15) is 0 Å². The predicted octanol–water partition coefficient (Wildman–Crippen LogP) is 3.43. The van der Waals surface area contributed by atoms with E-state index in [2.05, 4.69) is 35.5 Å². The van der Waals surface area contributed by atoms with Gasteiger partial charge in [0.1, 0.15) is 6.61 Å². The van der Waals surface area contributed by atoms with Gasteiger partial charge in [-0.05, 0) is 43.1 Å². The highest BCUT2D eigenvalue weighted by atomic mass is 16.5. The Labute approximate surface area is 138 Å².